The molecule has 0 spiro atoms. The second-order valence-corrected chi connectivity index (χ2v) is 2.66. The van der Waals surface area contributed by atoms with Crippen LogP contribution in [0.5, 0.6) is 0 Å². The van der Waals surface area contributed by atoms with Crippen LogP contribution in [0, 0.1) is 6.07 Å². The summed E-state index contributed by atoms with van der Waals surface area (Å²) in [6.45, 7) is 4.12. The van der Waals surface area contributed by atoms with Gasteiger partial charge in [0.25, 0.3) is 6.29 Å². The van der Waals surface area contributed by atoms with Crippen molar-refractivity contribution < 1.29 is 38.2 Å². The zero-order valence-corrected chi connectivity index (χ0v) is 10.6. The van der Waals surface area contributed by atoms with Crippen LogP contribution in [-0.4, -0.2) is 30.6 Å². The molecule has 0 saturated carbocycles. The van der Waals surface area contributed by atoms with Crippen LogP contribution in [0.1, 0.15) is 13.8 Å². The predicted octanol–water partition coefficient (Wildman–Crippen LogP) is -1.04. The summed E-state index contributed by atoms with van der Waals surface area (Å²) in [6, 6.07) is 12.5. The number of benzene rings is 1. The first-order valence-electron chi connectivity index (χ1n) is 5.09. The number of rotatable bonds is 5. The SMILES string of the molecule is CCOC(OCC)C(=O)O.[Li+].[c-]1ccccc1. The summed E-state index contributed by atoms with van der Waals surface area (Å²) >= 11 is 0. The Kier molecular flexibility index (Phi) is 14.5. The maximum atomic E-state index is 10.2. The minimum absolute atomic E-state index is 0. The number of aliphatic carboxylic acids is 1. The van der Waals surface area contributed by atoms with E-state index in [9.17, 15) is 4.79 Å². The predicted molar refractivity (Wildman–Crippen MR) is 60.0 cm³/mol. The Labute approximate surface area is 114 Å². The molecule has 0 aliphatic heterocycles. The molecule has 1 rings (SSSR count). The molecule has 90 valence electrons. The first-order chi connectivity index (χ1) is 7.72. The fourth-order valence-corrected chi connectivity index (χ4v) is 0.835. The Bertz CT molecular complexity index is 234. The van der Waals surface area contributed by atoms with Crippen molar-refractivity contribution in [1.82, 2.24) is 0 Å². The third-order valence-corrected chi connectivity index (χ3v) is 1.44. The van der Waals surface area contributed by atoms with Gasteiger partial charge in [0.1, 0.15) is 0 Å². The molecule has 17 heavy (non-hydrogen) atoms. The molecule has 0 unspecified atom stereocenters. The number of ether oxygens (including phenoxy) is 2. The largest absolute Gasteiger partial charge is 1.00 e. The van der Waals surface area contributed by atoms with Crippen molar-refractivity contribution in [1.29, 1.82) is 0 Å². The van der Waals surface area contributed by atoms with Gasteiger partial charge in [-0.05, 0) is 13.8 Å². The van der Waals surface area contributed by atoms with Gasteiger partial charge >= 0.3 is 24.8 Å². The number of hydrogen-bond donors (Lipinski definition) is 1. The Hall–Kier alpha value is -0.793. The number of hydrogen-bond acceptors (Lipinski definition) is 3. The maximum absolute atomic E-state index is 10.2. The Morgan fingerprint density at radius 3 is 1.82 bits per heavy atom. The normalized spacial score (nSPS) is 8.88. The van der Waals surface area contributed by atoms with E-state index in [1.54, 1.807) is 13.8 Å². The van der Waals surface area contributed by atoms with Gasteiger partial charge in [0.05, 0.1) is 0 Å². The summed E-state index contributed by atoms with van der Waals surface area (Å²) in [7, 11) is 0. The van der Waals surface area contributed by atoms with Crippen LogP contribution in [0.3, 0.4) is 0 Å². The number of carbonyl (C=O) groups is 1. The van der Waals surface area contributed by atoms with Crippen LogP contribution in [0.2, 0.25) is 0 Å². The molecule has 5 heteroatoms. The fraction of sp³-hybridized carbons (Fsp3) is 0.417. The molecule has 4 nitrogen and oxygen atoms in total. The Morgan fingerprint density at radius 1 is 1.18 bits per heavy atom. The minimum Gasteiger partial charge on any atom is -0.477 e. The smallest absolute Gasteiger partial charge is 0.477 e. The van der Waals surface area contributed by atoms with E-state index in [1.165, 1.54) is 0 Å². The summed E-state index contributed by atoms with van der Waals surface area (Å²) in [6.07, 6.45) is -1.10. The average Bonchev–Trinajstić information content (AvgIpc) is 2.32. The molecule has 0 atom stereocenters. The minimum atomic E-state index is -1.10. The molecule has 0 aliphatic rings. The van der Waals surface area contributed by atoms with Gasteiger partial charge in [-0.1, -0.05) is 0 Å². The second kappa shape index (κ2) is 13.3. The summed E-state index contributed by atoms with van der Waals surface area (Å²) < 4.78 is 9.44. The summed E-state index contributed by atoms with van der Waals surface area (Å²) in [5, 5.41) is 8.39. The topological polar surface area (TPSA) is 55.8 Å². The van der Waals surface area contributed by atoms with Gasteiger partial charge in [-0.15, -0.1) is 0 Å². The molecule has 0 amide bonds. The van der Waals surface area contributed by atoms with Crippen LogP contribution in [0.25, 0.3) is 0 Å². The van der Waals surface area contributed by atoms with E-state index in [-0.39, 0.29) is 18.9 Å². The summed E-state index contributed by atoms with van der Waals surface area (Å²) in [5.74, 6) is -1.08. The van der Waals surface area contributed by atoms with Crippen molar-refractivity contribution in [2.75, 3.05) is 13.2 Å². The summed E-state index contributed by atoms with van der Waals surface area (Å²) in [4.78, 5) is 10.2. The standard InChI is InChI=1S/C6H12O4.C6H5.Li/c1-3-9-6(5(7)8)10-4-2;1-2-4-6-5-3-1;/h6H,3-4H2,1-2H3,(H,7,8);1-5H;/q;-1;+1. The van der Waals surface area contributed by atoms with Crippen LogP contribution in [0.4, 0.5) is 0 Å². The third-order valence-electron chi connectivity index (χ3n) is 1.44. The molecule has 0 bridgehead atoms. The van der Waals surface area contributed by atoms with Gasteiger partial charge in [-0.2, -0.15) is 36.4 Å². The molecule has 0 saturated heterocycles. The van der Waals surface area contributed by atoms with Crippen molar-refractivity contribution in [2.24, 2.45) is 0 Å². The van der Waals surface area contributed by atoms with Gasteiger partial charge < -0.3 is 14.6 Å². The molecule has 1 aromatic rings. The molecule has 0 aromatic heterocycles. The zero-order chi connectivity index (χ0) is 12.2. The average molecular weight is 232 g/mol. The van der Waals surface area contributed by atoms with Gasteiger partial charge in [-0.25, -0.2) is 4.79 Å². The van der Waals surface area contributed by atoms with Crippen LogP contribution < -0.4 is 18.9 Å². The zero-order valence-electron chi connectivity index (χ0n) is 10.6. The fourth-order valence-electron chi connectivity index (χ4n) is 0.835. The van der Waals surface area contributed by atoms with Crippen molar-refractivity contribution in [3.8, 4) is 0 Å². The molecule has 0 heterocycles. The third kappa shape index (κ3) is 11.5. The van der Waals surface area contributed by atoms with E-state index in [0.29, 0.717) is 13.2 Å². The quantitative estimate of drug-likeness (QED) is 0.400. The maximum Gasteiger partial charge on any atom is 1.00 e. The van der Waals surface area contributed by atoms with Gasteiger partial charge in [0.15, 0.2) is 0 Å². The Balaban J connectivity index is 0. The monoisotopic (exact) mass is 232 g/mol. The first kappa shape index (κ1) is 18.6. The van der Waals surface area contributed by atoms with E-state index < -0.39 is 12.3 Å². The molecule has 0 aliphatic carbocycles. The molecular formula is C12H17LiO4. The number of carboxylic acid groups (broad SMARTS) is 1. The number of carboxylic acids is 1. The van der Waals surface area contributed by atoms with Gasteiger partial charge in [-0.3, -0.25) is 0 Å². The van der Waals surface area contributed by atoms with Gasteiger partial charge in [0.2, 0.25) is 0 Å². The second-order valence-electron chi connectivity index (χ2n) is 2.66. The van der Waals surface area contributed by atoms with Crippen molar-refractivity contribution in [3.05, 3.63) is 36.4 Å². The van der Waals surface area contributed by atoms with E-state index in [4.69, 9.17) is 14.6 Å². The molecule has 1 N–H and O–H groups in total. The summed E-state index contributed by atoms with van der Waals surface area (Å²) in [5.41, 5.74) is 0. The van der Waals surface area contributed by atoms with Gasteiger partial charge in [0, 0.05) is 13.2 Å². The molecule has 0 radical (unpaired) electrons. The van der Waals surface area contributed by atoms with Crippen LogP contribution in [-0.2, 0) is 14.3 Å². The molecule has 1 aromatic carbocycles. The van der Waals surface area contributed by atoms with E-state index >= 15 is 0 Å². The molecular weight excluding hydrogens is 215 g/mol. The molecule has 0 fully saturated rings. The van der Waals surface area contributed by atoms with E-state index in [1.807, 2.05) is 30.3 Å². The van der Waals surface area contributed by atoms with Crippen molar-refractivity contribution in [2.45, 2.75) is 20.1 Å². The van der Waals surface area contributed by atoms with Crippen molar-refractivity contribution >= 4 is 5.97 Å². The Morgan fingerprint density at radius 2 is 1.65 bits per heavy atom. The van der Waals surface area contributed by atoms with Crippen LogP contribution in [0.15, 0.2) is 30.3 Å². The van der Waals surface area contributed by atoms with E-state index in [0.717, 1.165) is 0 Å². The van der Waals surface area contributed by atoms with Crippen molar-refractivity contribution in [3.63, 3.8) is 0 Å². The van der Waals surface area contributed by atoms with E-state index in [2.05, 4.69) is 6.07 Å². The first-order valence-corrected chi connectivity index (χ1v) is 5.09. The van der Waals surface area contributed by atoms with Crippen LogP contribution >= 0.6 is 0 Å².